The number of piperidine rings is 1. The summed E-state index contributed by atoms with van der Waals surface area (Å²) in [6.07, 6.45) is 2.73. The lowest BCUT2D eigenvalue weighted by atomic mass is 10.2. The third-order valence-corrected chi connectivity index (χ3v) is 8.42. The number of hydrogen-bond donors (Lipinski definition) is 0. The first-order valence-electron chi connectivity index (χ1n) is 10.3. The van der Waals surface area contributed by atoms with E-state index < -0.39 is 20.9 Å². The van der Waals surface area contributed by atoms with Crippen LogP contribution in [0.15, 0.2) is 52.4 Å². The second-order valence-corrected chi connectivity index (χ2v) is 10.4. The number of rotatable bonds is 5. The minimum absolute atomic E-state index is 0.0270. The van der Waals surface area contributed by atoms with Crippen molar-refractivity contribution in [3.05, 3.63) is 62.9 Å². The molecule has 4 rings (SSSR count). The second-order valence-electron chi connectivity index (χ2n) is 7.44. The number of hydrogen-bond acceptors (Lipinski definition) is 6. The maximum Gasteiger partial charge on any atom is 0.279 e. The first-order chi connectivity index (χ1) is 15.3. The molecule has 9 nitrogen and oxygen atoms in total. The van der Waals surface area contributed by atoms with Crippen LogP contribution in [0.4, 0.5) is 5.69 Å². The number of aryl methyl sites for hydroxylation is 1. The highest BCUT2D eigenvalue weighted by atomic mass is 32.2. The molecule has 0 atom stereocenters. The Kier molecular flexibility index (Phi) is 6.22. The Morgan fingerprint density at radius 3 is 2.44 bits per heavy atom. The lowest BCUT2D eigenvalue weighted by Gasteiger charge is -2.25. The molecule has 1 aliphatic rings. The van der Waals surface area contributed by atoms with E-state index in [1.807, 2.05) is 6.92 Å². The van der Waals surface area contributed by atoms with Crippen LogP contribution in [0.25, 0.3) is 10.2 Å². The quantitative estimate of drug-likeness (QED) is 0.414. The first kappa shape index (κ1) is 22.3. The topological polar surface area (TPSA) is 115 Å². The normalized spacial score (nSPS) is 15.8. The summed E-state index contributed by atoms with van der Waals surface area (Å²) in [6, 6.07) is 10.4. The summed E-state index contributed by atoms with van der Waals surface area (Å²) in [5.74, 6) is -0.504. The van der Waals surface area contributed by atoms with Crippen molar-refractivity contribution in [1.82, 2.24) is 8.87 Å². The van der Waals surface area contributed by atoms with Crippen LogP contribution in [-0.2, 0) is 16.6 Å². The molecule has 0 saturated carbocycles. The van der Waals surface area contributed by atoms with E-state index in [-0.39, 0.29) is 16.1 Å². The Labute approximate surface area is 188 Å². The number of amides is 1. The first-order valence-corrected chi connectivity index (χ1v) is 12.5. The summed E-state index contributed by atoms with van der Waals surface area (Å²) in [5.41, 5.74) is 0.885. The fourth-order valence-electron chi connectivity index (χ4n) is 3.74. The molecule has 168 valence electrons. The maximum absolute atomic E-state index is 12.8. The van der Waals surface area contributed by atoms with Gasteiger partial charge in [-0.1, -0.05) is 17.8 Å². The van der Waals surface area contributed by atoms with E-state index in [0.717, 1.165) is 24.0 Å². The molecule has 0 bridgehead atoms. The molecule has 11 heteroatoms. The third-order valence-electron chi connectivity index (χ3n) is 5.44. The van der Waals surface area contributed by atoms with Gasteiger partial charge >= 0.3 is 0 Å². The Balaban J connectivity index is 1.65. The molecule has 0 radical (unpaired) electrons. The molecular formula is C21H22N4O5S2. The van der Waals surface area contributed by atoms with Crippen LogP contribution >= 0.6 is 11.3 Å². The van der Waals surface area contributed by atoms with Gasteiger partial charge in [-0.05, 0) is 50.1 Å². The van der Waals surface area contributed by atoms with Crippen molar-refractivity contribution in [2.45, 2.75) is 37.6 Å². The van der Waals surface area contributed by atoms with E-state index >= 15 is 0 Å². The number of nitrogens with zero attached hydrogens (tertiary/aromatic N) is 4. The van der Waals surface area contributed by atoms with Crippen molar-refractivity contribution in [3.63, 3.8) is 0 Å². The molecule has 2 heterocycles. The minimum atomic E-state index is -3.57. The molecular weight excluding hydrogens is 452 g/mol. The van der Waals surface area contributed by atoms with E-state index in [4.69, 9.17) is 0 Å². The van der Waals surface area contributed by atoms with Gasteiger partial charge in [0.05, 0.1) is 20.0 Å². The predicted octanol–water partition coefficient (Wildman–Crippen LogP) is 3.55. The summed E-state index contributed by atoms with van der Waals surface area (Å²) in [5, 5.41) is 11.1. The molecule has 0 unspecified atom stereocenters. The number of sulfonamides is 1. The van der Waals surface area contributed by atoms with E-state index in [1.165, 1.54) is 52.0 Å². The van der Waals surface area contributed by atoms with Crippen LogP contribution in [0.2, 0.25) is 0 Å². The summed E-state index contributed by atoms with van der Waals surface area (Å²) in [7, 11) is -3.57. The molecule has 0 aliphatic carbocycles. The molecule has 1 aliphatic heterocycles. The maximum atomic E-state index is 12.8. The van der Waals surface area contributed by atoms with Crippen molar-refractivity contribution < 1.29 is 18.1 Å². The number of carbonyl (C=O) groups excluding carboxylic acids is 1. The average molecular weight is 475 g/mol. The summed E-state index contributed by atoms with van der Waals surface area (Å²) in [4.78, 5) is 28.2. The van der Waals surface area contributed by atoms with Gasteiger partial charge in [0.25, 0.3) is 11.6 Å². The lowest BCUT2D eigenvalue weighted by molar-refractivity contribution is -0.384. The number of carbonyl (C=O) groups is 1. The van der Waals surface area contributed by atoms with Crippen LogP contribution in [-0.4, -0.2) is 41.2 Å². The van der Waals surface area contributed by atoms with Gasteiger partial charge in [0.1, 0.15) is 0 Å². The highest BCUT2D eigenvalue weighted by Crippen LogP contribution is 2.24. The number of nitro benzene ring substituents is 1. The SMILES string of the molecule is CCn1c(=NC(=O)c2ccc(S(=O)(=O)N3CCCCC3)cc2)sc2ccc([N+](=O)[O-])cc21. The highest BCUT2D eigenvalue weighted by molar-refractivity contribution is 7.89. The van der Waals surface area contributed by atoms with Crippen molar-refractivity contribution >= 4 is 43.2 Å². The largest absolute Gasteiger partial charge is 0.316 e. The van der Waals surface area contributed by atoms with Gasteiger partial charge in [-0.2, -0.15) is 9.30 Å². The molecule has 1 aromatic heterocycles. The standard InChI is InChI=1S/C21H22N4O5S2/c1-2-24-18-14-16(25(27)28)8-11-19(18)31-21(24)22-20(26)15-6-9-17(10-7-15)32(29,30)23-12-4-3-5-13-23/h6-11,14H,2-5,12-13H2,1H3. The third kappa shape index (κ3) is 4.23. The number of thiazole rings is 1. The summed E-state index contributed by atoms with van der Waals surface area (Å²) in [6.45, 7) is 3.38. The lowest BCUT2D eigenvalue weighted by Crippen LogP contribution is -2.35. The molecule has 3 aromatic rings. The van der Waals surface area contributed by atoms with Gasteiger partial charge in [0.15, 0.2) is 4.80 Å². The molecule has 1 fully saturated rings. The molecule has 0 spiro atoms. The Morgan fingerprint density at radius 1 is 1.12 bits per heavy atom. The van der Waals surface area contributed by atoms with Crippen LogP contribution in [0.3, 0.4) is 0 Å². The fraction of sp³-hybridized carbons (Fsp3) is 0.333. The molecule has 0 N–H and O–H groups in total. The van der Waals surface area contributed by atoms with E-state index in [2.05, 4.69) is 4.99 Å². The second kappa shape index (κ2) is 8.93. The van der Waals surface area contributed by atoms with Crippen molar-refractivity contribution in [2.75, 3.05) is 13.1 Å². The minimum Gasteiger partial charge on any atom is -0.316 e. The summed E-state index contributed by atoms with van der Waals surface area (Å²) >= 11 is 1.27. The van der Waals surface area contributed by atoms with Gasteiger partial charge in [0.2, 0.25) is 10.0 Å². The Morgan fingerprint density at radius 2 is 1.81 bits per heavy atom. The molecule has 32 heavy (non-hydrogen) atoms. The van der Waals surface area contributed by atoms with Crippen LogP contribution in [0.5, 0.6) is 0 Å². The van der Waals surface area contributed by atoms with Crippen molar-refractivity contribution in [2.24, 2.45) is 4.99 Å². The Bertz CT molecular complexity index is 1350. The van der Waals surface area contributed by atoms with Gasteiger partial charge in [-0.25, -0.2) is 8.42 Å². The number of benzene rings is 2. The van der Waals surface area contributed by atoms with Crippen LogP contribution in [0, 0.1) is 10.1 Å². The van der Waals surface area contributed by atoms with Gasteiger partial charge < -0.3 is 4.57 Å². The van der Waals surface area contributed by atoms with Crippen molar-refractivity contribution in [1.29, 1.82) is 0 Å². The van der Waals surface area contributed by atoms with Crippen LogP contribution < -0.4 is 4.80 Å². The monoisotopic (exact) mass is 474 g/mol. The Hall–Kier alpha value is -2.89. The smallest absolute Gasteiger partial charge is 0.279 e. The van der Waals surface area contributed by atoms with Gasteiger partial charge in [-0.3, -0.25) is 14.9 Å². The predicted molar refractivity (Wildman–Crippen MR) is 121 cm³/mol. The highest BCUT2D eigenvalue weighted by Gasteiger charge is 2.26. The van der Waals surface area contributed by atoms with E-state index in [1.54, 1.807) is 10.6 Å². The average Bonchev–Trinajstić information content (AvgIpc) is 3.15. The number of fused-ring (bicyclic) bond motifs is 1. The number of non-ortho nitro benzene ring substituents is 1. The van der Waals surface area contributed by atoms with Crippen LogP contribution in [0.1, 0.15) is 36.5 Å². The van der Waals surface area contributed by atoms with E-state index in [9.17, 15) is 23.3 Å². The van der Waals surface area contributed by atoms with Gasteiger partial charge in [0, 0.05) is 37.3 Å². The molecule has 1 saturated heterocycles. The fourth-order valence-corrected chi connectivity index (χ4v) is 6.33. The zero-order chi connectivity index (χ0) is 22.9. The van der Waals surface area contributed by atoms with Gasteiger partial charge in [-0.15, -0.1) is 0 Å². The number of aromatic nitrogens is 1. The van der Waals surface area contributed by atoms with E-state index in [0.29, 0.717) is 30.0 Å². The molecule has 1 amide bonds. The zero-order valence-electron chi connectivity index (χ0n) is 17.4. The summed E-state index contributed by atoms with van der Waals surface area (Å²) < 4.78 is 29.6. The van der Waals surface area contributed by atoms with Crippen molar-refractivity contribution in [3.8, 4) is 0 Å². The number of nitro groups is 1. The molecule has 2 aromatic carbocycles. The zero-order valence-corrected chi connectivity index (χ0v) is 19.1.